The number of hydrogen-bond acceptors (Lipinski definition) is 4. The van der Waals surface area contributed by atoms with E-state index in [0.29, 0.717) is 5.92 Å². The third-order valence-corrected chi connectivity index (χ3v) is 5.58. The van der Waals surface area contributed by atoms with Gasteiger partial charge in [-0.3, -0.25) is 4.79 Å². The second-order valence-corrected chi connectivity index (χ2v) is 7.08. The number of piperidine rings is 1. The van der Waals surface area contributed by atoms with E-state index in [1.54, 1.807) is 11.3 Å². The number of rotatable bonds is 4. The van der Waals surface area contributed by atoms with Crippen molar-refractivity contribution in [2.24, 2.45) is 5.73 Å². The number of para-hydroxylation sites is 1. The predicted octanol–water partition coefficient (Wildman–Crippen LogP) is 3.13. The van der Waals surface area contributed by atoms with Gasteiger partial charge in [0.2, 0.25) is 5.91 Å². The summed E-state index contributed by atoms with van der Waals surface area (Å²) >= 11 is 1.79. The van der Waals surface area contributed by atoms with Crippen molar-refractivity contribution in [1.82, 2.24) is 9.88 Å². The maximum absolute atomic E-state index is 12.3. The van der Waals surface area contributed by atoms with Crippen LogP contribution in [0, 0.1) is 0 Å². The lowest BCUT2D eigenvalue weighted by Crippen LogP contribution is -2.46. The van der Waals surface area contributed by atoms with Crippen LogP contribution in [0.4, 0.5) is 0 Å². The molecule has 0 aliphatic carbocycles. The lowest BCUT2D eigenvalue weighted by Gasteiger charge is -2.32. The van der Waals surface area contributed by atoms with Gasteiger partial charge in [0.1, 0.15) is 0 Å². The number of nitrogens with zero attached hydrogens (tertiary/aromatic N) is 2. The van der Waals surface area contributed by atoms with Crippen LogP contribution in [0.25, 0.3) is 10.2 Å². The molecule has 2 heterocycles. The summed E-state index contributed by atoms with van der Waals surface area (Å²) in [7, 11) is 0. The Morgan fingerprint density at radius 1 is 1.41 bits per heavy atom. The van der Waals surface area contributed by atoms with Gasteiger partial charge in [-0.25, -0.2) is 4.98 Å². The molecule has 1 fully saturated rings. The van der Waals surface area contributed by atoms with Crippen LogP contribution in [-0.2, 0) is 4.79 Å². The van der Waals surface area contributed by atoms with Gasteiger partial charge in [-0.1, -0.05) is 25.5 Å². The highest BCUT2D eigenvalue weighted by atomic mass is 32.1. The zero-order chi connectivity index (χ0) is 15.5. The van der Waals surface area contributed by atoms with Crippen molar-refractivity contribution in [2.45, 2.75) is 44.6 Å². The number of carbonyl (C=O) groups is 1. The van der Waals surface area contributed by atoms with Crippen molar-refractivity contribution in [3.8, 4) is 0 Å². The highest BCUT2D eigenvalue weighted by Gasteiger charge is 2.28. The smallest absolute Gasteiger partial charge is 0.239 e. The summed E-state index contributed by atoms with van der Waals surface area (Å²) in [5, 5.41) is 1.21. The average Bonchev–Trinajstić information content (AvgIpc) is 2.98. The predicted molar refractivity (Wildman–Crippen MR) is 91.1 cm³/mol. The van der Waals surface area contributed by atoms with Crippen LogP contribution >= 0.6 is 11.3 Å². The maximum Gasteiger partial charge on any atom is 0.239 e. The highest BCUT2D eigenvalue weighted by Crippen LogP contribution is 2.33. The van der Waals surface area contributed by atoms with Gasteiger partial charge in [0, 0.05) is 19.0 Å². The van der Waals surface area contributed by atoms with E-state index in [9.17, 15) is 4.79 Å². The van der Waals surface area contributed by atoms with E-state index in [2.05, 4.69) is 25.1 Å². The largest absolute Gasteiger partial charge is 0.341 e. The fraction of sp³-hybridized carbons (Fsp3) is 0.529. The first-order valence-electron chi connectivity index (χ1n) is 8.09. The van der Waals surface area contributed by atoms with Gasteiger partial charge in [0.25, 0.3) is 0 Å². The van der Waals surface area contributed by atoms with Gasteiger partial charge < -0.3 is 10.6 Å². The van der Waals surface area contributed by atoms with Gasteiger partial charge in [-0.15, -0.1) is 11.3 Å². The molecule has 1 saturated heterocycles. The molecule has 22 heavy (non-hydrogen) atoms. The van der Waals surface area contributed by atoms with Crippen LogP contribution in [0.5, 0.6) is 0 Å². The number of fused-ring (bicyclic) bond motifs is 1. The van der Waals surface area contributed by atoms with Gasteiger partial charge in [-0.2, -0.15) is 0 Å². The molecule has 4 nitrogen and oxygen atoms in total. The van der Waals surface area contributed by atoms with E-state index in [-0.39, 0.29) is 11.9 Å². The minimum Gasteiger partial charge on any atom is -0.341 e. The zero-order valence-electron chi connectivity index (χ0n) is 13.0. The number of amides is 1. The first kappa shape index (κ1) is 15.4. The fourth-order valence-electron chi connectivity index (χ4n) is 3.08. The Kier molecular flexibility index (Phi) is 4.74. The second-order valence-electron chi connectivity index (χ2n) is 6.01. The number of thiazole rings is 1. The van der Waals surface area contributed by atoms with E-state index >= 15 is 0 Å². The SMILES string of the molecule is CCCC(N)C(=O)N1CCC(c2nc3ccccc3s2)CC1. The standard InChI is InChI=1S/C17H23N3OS/c1-2-5-13(18)17(21)20-10-8-12(9-11-20)16-19-14-6-3-4-7-15(14)22-16/h3-4,6-7,12-13H,2,5,8-11,18H2,1H3. The fourth-order valence-corrected chi connectivity index (χ4v) is 4.22. The Hall–Kier alpha value is -1.46. The molecule has 1 aromatic heterocycles. The van der Waals surface area contributed by atoms with E-state index in [1.807, 2.05) is 11.0 Å². The van der Waals surface area contributed by atoms with Crippen molar-refractivity contribution in [2.75, 3.05) is 13.1 Å². The first-order chi connectivity index (χ1) is 10.7. The van der Waals surface area contributed by atoms with E-state index in [4.69, 9.17) is 10.7 Å². The van der Waals surface area contributed by atoms with Crippen molar-refractivity contribution < 1.29 is 4.79 Å². The van der Waals surface area contributed by atoms with Crippen LogP contribution in [0.2, 0.25) is 0 Å². The summed E-state index contributed by atoms with van der Waals surface area (Å²) in [5.41, 5.74) is 7.04. The van der Waals surface area contributed by atoms with Gasteiger partial charge in [0.05, 0.1) is 21.3 Å². The summed E-state index contributed by atoms with van der Waals surface area (Å²) in [6.45, 7) is 3.67. The summed E-state index contributed by atoms with van der Waals surface area (Å²) < 4.78 is 1.25. The number of hydrogen-bond donors (Lipinski definition) is 1. The normalized spacial score (nSPS) is 17.8. The molecule has 2 aromatic rings. The number of benzene rings is 1. The summed E-state index contributed by atoms with van der Waals surface area (Å²) in [6.07, 6.45) is 3.71. The third kappa shape index (κ3) is 3.15. The van der Waals surface area contributed by atoms with Crippen molar-refractivity contribution in [3.63, 3.8) is 0 Å². The van der Waals surface area contributed by atoms with Crippen LogP contribution in [0.3, 0.4) is 0 Å². The third-order valence-electron chi connectivity index (χ3n) is 4.38. The number of aromatic nitrogens is 1. The molecule has 1 amide bonds. The lowest BCUT2D eigenvalue weighted by molar-refractivity contribution is -0.133. The van der Waals surface area contributed by atoms with Crippen molar-refractivity contribution in [3.05, 3.63) is 29.3 Å². The van der Waals surface area contributed by atoms with Gasteiger partial charge in [0.15, 0.2) is 0 Å². The van der Waals surface area contributed by atoms with Gasteiger partial charge in [-0.05, 0) is 31.4 Å². The summed E-state index contributed by atoms with van der Waals surface area (Å²) in [6, 6.07) is 7.95. The molecule has 2 N–H and O–H groups in total. The Morgan fingerprint density at radius 2 is 2.14 bits per heavy atom. The Bertz CT molecular complexity index is 613. The highest BCUT2D eigenvalue weighted by molar-refractivity contribution is 7.18. The molecule has 0 radical (unpaired) electrons. The van der Waals surface area contributed by atoms with Crippen molar-refractivity contribution >= 4 is 27.5 Å². The molecule has 5 heteroatoms. The Balaban J connectivity index is 1.63. The molecule has 0 saturated carbocycles. The zero-order valence-corrected chi connectivity index (χ0v) is 13.8. The monoisotopic (exact) mass is 317 g/mol. The lowest BCUT2D eigenvalue weighted by atomic mass is 9.96. The van der Waals surface area contributed by atoms with E-state index < -0.39 is 0 Å². The van der Waals surface area contributed by atoms with Crippen LogP contribution in [-0.4, -0.2) is 34.9 Å². The first-order valence-corrected chi connectivity index (χ1v) is 8.90. The molecule has 0 spiro atoms. The van der Waals surface area contributed by atoms with E-state index in [1.165, 1.54) is 9.71 Å². The average molecular weight is 317 g/mol. The minimum absolute atomic E-state index is 0.115. The maximum atomic E-state index is 12.3. The van der Waals surface area contributed by atoms with Crippen LogP contribution in [0.1, 0.15) is 43.5 Å². The van der Waals surface area contributed by atoms with Crippen molar-refractivity contribution in [1.29, 1.82) is 0 Å². The molecule has 118 valence electrons. The topological polar surface area (TPSA) is 59.2 Å². The quantitative estimate of drug-likeness (QED) is 0.942. The number of carbonyl (C=O) groups excluding carboxylic acids is 1. The molecule has 1 aliphatic heterocycles. The molecule has 1 unspecified atom stereocenters. The molecule has 1 aromatic carbocycles. The molecule has 1 aliphatic rings. The summed E-state index contributed by atoms with van der Waals surface area (Å²) in [4.78, 5) is 19.0. The minimum atomic E-state index is -0.330. The van der Waals surface area contributed by atoms with E-state index in [0.717, 1.165) is 44.3 Å². The molecule has 0 bridgehead atoms. The second kappa shape index (κ2) is 6.75. The van der Waals surface area contributed by atoms with Crippen LogP contribution in [0.15, 0.2) is 24.3 Å². The molecular formula is C17H23N3OS. The molecular weight excluding hydrogens is 294 g/mol. The Labute approximate surface area is 135 Å². The molecule has 3 rings (SSSR count). The molecule has 1 atom stereocenters. The van der Waals surface area contributed by atoms with Crippen LogP contribution < -0.4 is 5.73 Å². The number of nitrogens with two attached hydrogens (primary N) is 1. The number of likely N-dealkylation sites (tertiary alicyclic amines) is 1. The summed E-state index contributed by atoms with van der Waals surface area (Å²) in [5.74, 6) is 0.591. The Morgan fingerprint density at radius 3 is 2.82 bits per heavy atom. The van der Waals surface area contributed by atoms with Gasteiger partial charge >= 0.3 is 0 Å².